The third kappa shape index (κ3) is 1.94. The summed E-state index contributed by atoms with van der Waals surface area (Å²) in [6.07, 6.45) is 5.97. The third-order valence-electron chi connectivity index (χ3n) is 3.73. The molecule has 1 unspecified atom stereocenters. The summed E-state index contributed by atoms with van der Waals surface area (Å²) < 4.78 is 5.87. The molecule has 1 atom stereocenters. The van der Waals surface area contributed by atoms with Gasteiger partial charge in [-0.05, 0) is 56.2 Å². The Bertz CT molecular complexity index is 409. The van der Waals surface area contributed by atoms with Crippen molar-refractivity contribution in [1.29, 1.82) is 0 Å². The Kier molecular flexibility index (Phi) is 2.21. The number of ether oxygens (including phenoxy) is 1. The highest BCUT2D eigenvalue weighted by atomic mass is 16.5. The van der Waals surface area contributed by atoms with Crippen LogP contribution < -0.4 is 10.5 Å². The molecule has 1 aromatic rings. The van der Waals surface area contributed by atoms with E-state index in [-0.39, 0.29) is 5.54 Å². The maximum absolute atomic E-state index is 6.14. The first-order valence-corrected chi connectivity index (χ1v) is 6.22. The second-order valence-electron chi connectivity index (χ2n) is 5.45. The number of benzene rings is 1. The molecule has 0 aromatic heterocycles. The molecule has 3 rings (SSSR count). The summed E-state index contributed by atoms with van der Waals surface area (Å²) in [4.78, 5) is 0. The quantitative estimate of drug-likeness (QED) is 0.825. The van der Waals surface area contributed by atoms with Crippen LogP contribution in [0.15, 0.2) is 18.2 Å². The summed E-state index contributed by atoms with van der Waals surface area (Å²) in [7, 11) is 0. The lowest BCUT2D eigenvalue weighted by molar-refractivity contribution is 0.192. The van der Waals surface area contributed by atoms with E-state index in [9.17, 15) is 0 Å². The summed E-state index contributed by atoms with van der Waals surface area (Å²) in [5, 5.41) is 0. The molecule has 2 nitrogen and oxygen atoms in total. The van der Waals surface area contributed by atoms with Crippen molar-refractivity contribution >= 4 is 0 Å². The second-order valence-corrected chi connectivity index (χ2v) is 5.45. The van der Waals surface area contributed by atoms with Gasteiger partial charge in [-0.3, -0.25) is 0 Å². The molecule has 0 amide bonds. The van der Waals surface area contributed by atoms with E-state index in [1.807, 2.05) is 0 Å². The predicted octanol–water partition coefficient (Wildman–Crippen LogP) is 2.43. The van der Waals surface area contributed by atoms with Gasteiger partial charge in [0.05, 0.1) is 6.10 Å². The van der Waals surface area contributed by atoms with E-state index >= 15 is 0 Å². The van der Waals surface area contributed by atoms with Crippen LogP contribution in [0, 0.1) is 0 Å². The molecule has 1 fully saturated rings. The number of nitrogens with two attached hydrogens (primary N) is 1. The number of hydrogen-bond donors (Lipinski definition) is 1. The minimum absolute atomic E-state index is 0.0918. The molecule has 2 N–H and O–H groups in total. The summed E-state index contributed by atoms with van der Waals surface area (Å²) in [6, 6.07) is 6.62. The fraction of sp³-hybridized carbons (Fsp3) is 0.571. The first-order chi connectivity index (χ1) is 7.65. The minimum atomic E-state index is 0.0918. The van der Waals surface area contributed by atoms with Gasteiger partial charge >= 0.3 is 0 Å². The molecule has 86 valence electrons. The highest BCUT2D eigenvalue weighted by Gasteiger charge is 2.38. The number of fused-ring (bicyclic) bond motifs is 1. The Morgan fingerprint density at radius 1 is 1.44 bits per heavy atom. The number of aryl methyl sites for hydroxylation is 1. The first-order valence-electron chi connectivity index (χ1n) is 6.22. The molecule has 1 aliphatic carbocycles. The van der Waals surface area contributed by atoms with E-state index in [2.05, 4.69) is 25.1 Å². The smallest absolute Gasteiger partial charge is 0.123 e. The van der Waals surface area contributed by atoms with E-state index in [0.29, 0.717) is 6.10 Å². The SMILES string of the molecule is CC1CCc2ccc(CC3(N)CC3)cc2O1. The molecule has 16 heavy (non-hydrogen) atoms. The summed E-state index contributed by atoms with van der Waals surface area (Å²) in [6.45, 7) is 2.14. The maximum atomic E-state index is 6.14. The molecule has 0 radical (unpaired) electrons. The molecule has 1 heterocycles. The molecule has 2 heteroatoms. The van der Waals surface area contributed by atoms with E-state index in [1.165, 1.54) is 24.0 Å². The van der Waals surface area contributed by atoms with Crippen LogP contribution >= 0.6 is 0 Å². The Hall–Kier alpha value is -1.02. The molecule has 1 aliphatic heterocycles. The lowest BCUT2D eigenvalue weighted by atomic mass is 9.98. The molecule has 1 saturated carbocycles. The summed E-state index contributed by atoms with van der Waals surface area (Å²) in [5.41, 5.74) is 8.91. The lowest BCUT2D eigenvalue weighted by Crippen LogP contribution is -2.25. The third-order valence-corrected chi connectivity index (χ3v) is 3.73. The predicted molar refractivity (Wildman–Crippen MR) is 64.7 cm³/mol. The van der Waals surface area contributed by atoms with Gasteiger partial charge in [0.25, 0.3) is 0 Å². The molecule has 1 aromatic carbocycles. The van der Waals surface area contributed by atoms with Gasteiger partial charge in [-0.15, -0.1) is 0 Å². The van der Waals surface area contributed by atoms with Crippen LogP contribution in [0.25, 0.3) is 0 Å². The zero-order valence-corrected chi connectivity index (χ0v) is 9.83. The van der Waals surface area contributed by atoms with Crippen molar-refractivity contribution in [3.05, 3.63) is 29.3 Å². The van der Waals surface area contributed by atoms with Gasteiger partial charge in [0.1, 0.15) is 5.75 Å². The van der Waals surface area contributed by atoms with Crippen molar-refractivity contribution < 1.29 is 4.74 Å². The van der Waals surface area contributed by atoms with Crippen molar-refractivity contribution in [1.82, 2.24) is 0 Å². The largest absolute Gasteiger partial charge is 0.490 e. The van der Waals surface area contributed by atoms with Gasteiger partial charge in [0, 0.05) is 5.54 Å². The monoisotopic (exact) mass is 217 g/mol. The Labute approximate surface area is 96.8 Å². The standard InChI is InChI=1S/C14H19NO/c1-10-2-4-12-5-3-11(8-13(12)16-10)9-14(15)6-7-14/h3,5,8,10H,2,4,6-7,9,15H2,1H3. The van der Waals surface area contributed by atoms with Gasteiger partial charge in [0.2, 0.25) is 0 Å². The summed E-state index contributed by atoms with van der Waals surface area (Å²) >= 11 is 0. The van der Waals surface area contributed by atoms with Gasteiger partial charge in [-0.1, -0.05) is 12.1 Å². The van der Waals surface area contributed by atoms with Crippen LogP contribution in [0.4, 0.5) is 0 Å². The molecule has 0 saturated heterocycles. The van der Waals surface area contributed by atoms with Crippen LogP contribution in [-0.4, -0.2) is 11.6 Å². The molecular weight excluding hydrogens is 198 g/mol. The Balaban J connectivity index is 1.83. The zero-order chi connectivity index (χ0) is 11.2. The van der Waals surface area contributed by atoms with Crippen LogP contribution in [0.2, 0.25) is 0 Å². The molecule has 2 aliphatic rings. The van der Waals surface area contributed by atoms with Gasteiger partial charge in [-0.25, -0.2) is 0 Å². The van der Waals surface area contributed by atoms with Gasteiger partial charge in [-0.2, -0.15) is 0 Å². The summed E-state index contributed by atoms with van der Waals surface area (Å²) in [5.74, 6) is 1.08. The van der Waals surface area contributed by atoms with Crippen molar-refractivity contribution in [2.75, 3.05) is 0 Å². The normalized spacial score (nSPS) is 25.8. The van der Waals surface area contributed by atoms with Gasteiger partial charge in [0.15, 0.2) is 0 Å². The van der Waals surface area contributed by atoms with Crippen LogP contribution in [0.1, 0.15) is 37.3 Å². The van der Waals surface area contributed by atoms with Crippen LogP contribution in [0.3, 0.4) is 0 Å². The molecular formula is C14H19NO. The fourth-order valence-corrected chi connectivity index (χ4v) is 2.40. The maximum Gasteiger partial charge on any atom is 0.123 e. The van der Waals surface area contributed by atoms with E-state index < -0.39 is 0 Å². The number of hydrogen-bond acceptors (Lipinski definition) is 2. The fourth-order valence-electron chi connectivity index (χ4n) is 2.40. The average Bonchev–Trinajstić information content (AvgIpc) is 2.95. The van der Waals surface area contributed by atoms with E-state index in [4.69, 9.17) is 10.5 Å². The second kappa shape index (κ2) is 3.49. The highest BCUT2D eigenvalue weighted by molar-refractivity contribution is 5.40. The van der Waals surface area contributed by atoms with Gasteiger partial charge < -0.3 is 10.5 Å². The highest BCUT2D eigenvalue weighted by Crippen LogP contribution is 2.37. The minimum Gasteiger partial charge on any atom is -0.490 e. The van der Waals surface area contributed by atoms with E-state index in [1.54, 1.807) is 0 Å². The number of rotatable bonds is 2. The Morgan fingerprint density at radius 2 is 2.25 bits per heavy atom. The average molecular weight is 217 g/mol. The van der Waals surface area contributed by atoms with Crippen LogP contribution in [-0.2, 0) is 12.8 Å². The van der Waals surface area contributed by atoms with Crippen molar-refractivity contribution in [3.63, 3.8) is 0 Å². The molecule has 0 spiro atoms. The first kappa shape index (κ1) is 10.2. The Morgan fingerprint density at radius 3 is 3.00 bits per heavy atom. The topological polar surface area (TPSA) is 35.2 Å². The molecule has 0 bridgehead atoms. The lowest BCUT2D eigenvalue weighted by Gasteiger charge is -2.24. The zero-order valence-electron chi connectivity index (χ0n) is 9.83. The van der Waals surface area contributed by atoms with E-state index in [0.717, 1.165) is 25.0 Å². The van der Waals surface area contributed by atoms with Crippen molar-refractivity contribution in [2.45, 2.75) is 50.7 Å². The van der Waals surface area contributed by atoms with Crippen molar-refractivity contribution in [2.24, 2.45) is 5.73 Å². The van der Waals surface area contributed by atoms with Crippen molar-refractivity contribution in [3.8, 4) is 5.75 Å². The van der Waals surface area contributed by atoms with Crippen LogP contribution in [0.5, 0.6) is 5.75 Å².